The molecule has 0 bridgehead atoms. The molecule has 0 radical (unpaired) electrons. The van der Waals surface area contributed by atoms with Crippen LogP contribution >= 0.6 is 11.6 Å². The highest BCUT2D eigenvalue weighted by atomic mass is 35.5. The highest BCUT2D eigenvalue weighted by Gasteiger charge is 2.21. The molecule has 1 saturated heterocycles. The predicted octanol–water partition coefficient (Wildman–Crippen LogP) is 4.53. The smallest absolute Gasteiger partial charge is 0.335 e. The fourth-order valence-corrected chi connectivity index (χ4v) is 3.51. The van der Waals surface area contributed by atoms with E-state index in [1.165, 1.54) is 12.5 Å². The lowest BCUT2D eigenvalue weighted by Crippen LogP contribution is -2.35. The quantitative estimate of drug-likeness (QED) is 0.827. The molecule has 3 rings (SSSR count). The molecule has 1 amide bonds. The first kappa shape index (κ1) is 18.3. The summed E-state index contributed by atoms with van der Waals surface area (Å²) in [4.78, 5) is 26.2. The standard InChI is InChI=1S/C20H21ClN2O3/c1-13-5-4-10-23(12-13)18-9-8-14(20(25)26)11-17(18)22-19(24)15-6-2-3-7-16(15)21/h2-3,6-9,11,13H,4-5,10,12H2,1H3,(H,22,24)(H,25,26). The molecule has 1 fully saturated rings. The van der Waals surface area contributed by atoms with Crippen molar-refractivity contribution in [1.29, 1.82) is 0 Å². The number of benzene rings is 2. The molecule has 0 aliphatic carbocycles. The number of carboxylic acid groups (broad SMARTS) is 1. The molecule has 6 heteroatoms. The Morgan fingerprint density at radius 3 is 2.69 bits per heavy atom. The maximum Gasteiger partial charge on any atom is 0.335 e. The fourth-order valence-electron chi connectivity index (χ4n) is 3.29. The van der Waals surface area contributed by atoms with E-state index < -0.39 is 5.97 Å². The van der Waals surface area contributed by atoms with Crippen LogP contribution in [0.5, 0.6) is 0 Å². The Morgan fingerprint density at radius 1 is 1.23 bits per heavy atom. The summed E-state index contributed by atoms with van der Waals surface area (Å²) in [6.07, 6.45) is 2.24. The zero-order chi connectivity index (χ0) is 18.7. The second-order valence-electron chi connectivity index (χ2n) is 6.66. The molecule has 1 aliphatic heterocycles. The van der Waals surface area contributed by atoms with E-state index >= 15 is 0 Å². The van der Waals surface area contributed by atoms with E-state index in [-0.39, 0.29) is 11.5 Å². The van der Waals surface area contributed by atoms with Gasteiger partial charge in [0.25, 0.3) is 5.91 Å². The predicted molar refractivity (Wildman–Crippen MR) is 103 cm³/mol. The molecule has 0 saturated carbocycles. The van der Waals surface area contributed by atoms with E-state index in [0.717, 1.165) is 25.2 Å². The van der Waals surface area contributed by atoms with Crippen LogP contribution in [-0.2, 0) is 0 Å². The topological polar surface area (TPSA) is 69.6 Å². The molecule has 1 aliphatic rings. The Kier molecular flexibility index (Phi) is 5.47. The first-order valence-corrected chi connectivity index (χ1v) is 9.01. The Hall–Kier alpha value is -2.53. The van der Waals surface area contributed by atoms with Gasteiger partial charge < -0.3 is 15.3 Å². The van der Waals surface area contributed by atoms with E-state index in [0.29, 0.717) is 22.2 Å². The fraction of sp³-hybridized carbons (Fsp3) is 0.300. The van der Waals surface area contributed by atoms with Gasteiger partial charge >= 0.3 is 5.97 Å². The number of carbonyl (C=O) groups excluding carboxylic acids is 1. The number of piperidine rings is 1. The molecular formula is C20H21ClN2O3. The van der Waals surface area contributed by atoms with Crippen LogP contribution in [0.1, 0.15) is 40.5 Å². The minimum Gasteiger partial charge on any atom is -0.478 e. The van der Waals surface area contributed by atoms with Gasteiger partial charge in [-0.15, -0.1) is 0 Å². The van der Waals surface area contributed by atoms with Crippen molar-refractivity contribution >= 4 is 34.9 Å². The number of hydrogen-bond acceptors (Lipinski definition) is 3. The highest BCUT2D eigenvalue weighted by Crippen LogP contribution is 2.32. The molecule has 2 aromatic carbocycles. The van der Waals surface area contributed by atoms with Crippen molar-refractivity contribution in [3.63, 3.8) is 0 Å². The Morgan fingerprint density at radius 2 is 2.00 bits per heavy atom. The van der Waals surface area contributed by atoms with Crippen LogP contribution in [0.2, 0.25) is 5.02 Å². The van der Waals surface area contributed by atoms with Gasteiger partial charge in [-0.1, -0.05) is 30.7 Å². The van der Waals surface area contributed by atoms with Gasteiger partial charge in [0, 0.05) is 13.1 Å². The molecule has 2 N–H and O–H groups in total. The number of carbonyl (C=O) groups is 2. The van der Waals surface area contributed by atoms with Gasteiger partial charge in [0.15, 0.2) is 0 Å². The van der Waals surface area contributed by atoms with Crippen LogP contribution < -0.4 is 10.2 Å². The third-order valence-corrected chi connectivity index (χ3v) is 4.94. The van der Waals surface area contributed by atoms with Crippen molar-refractivity contribution in [3.8, 4) is 0 Å². The number of hydrogen-bond donors (Lipinski definition) is 2. The summed E-state index contributed by atoms with van der Waals surface area (Å²) in [5.41, 5.74) is 1.81. The lowest BCUT2D eigenvalue weighted by atomic mass is 9.99. The number of amides is 1. The minimum absolute atomic E-state index is 0.133. The van der Waals surface area contributed by atoms with E-state index in [4.69, 9.17) is 11.6 Å². The zero-order valence-electron chi connectivity index (χ0n) is 14.5. The molecule has 1 unspecified atom stereocenters. The molecule has 26 heavy (non-hydrogen) atoms. The first-order valence-electron chi connectivity index (χ1n) is 8.64. The summed E-state index contributed by atoms with van der Waals surface area (Å²) in [5, 5.41) is 12.5. The van der Waals surface area contributed by atoms with Crippen LogP contribution in [0.4, 0.5) is 11.4 Å². The average Bonchev–Trinajstić information content (AvgIpc) is 2.62. The number of aromatic carboxylic acids is 1. The van der Waals surface area contributed by atoms with Crippen molar-refractivity contribution in [1.82, 2.24) is 0 Å². The van der Waals surface area contributed by atoms with Crippen molar-refractivity contribution in [3.05, 3.63) is 58.6 Å². The zero-order valence-corrected chi connectivity index (χ0v) is 15.3. The lowest BCUT2D eigenvalue weighted by Gasteiger charge is -2.34. The van der Waals surface area contributed by atoms with Crippen LogP contribution in [0.25, 0.3) is 0 Å². The summed E-state index contributed by atoms with van der Waals surface area (Å²) in [6, 6.07) is 11.6. The number of nitrogens with zero attached hydrogens (tertiary/aromatic N) is 1. The van der Waals surface area contributed by atoms with Gasteiger partial charge in [-0.25, -0.2) is 4.79 Å². The van der Waals surface area contributed by atoms with Gasteiger partial charge in [-0.3, -0.25) is 4.79 Å². The molecular weight excluding hydrogens is 352 g/mol. The third-order valence-electron chi connectivity index (χ3n) is 4.61. The monoisotopic (exact) mass is 372 g/mol. The Bertz CT molecular complexity index is 838. The molecule has 1 heterocycles. The lowest BCUT2D eigenvalue weighted by molar-refractivity contribution is 0.0696. The van der Waals surface area contributed by atoms with Gasteiger partial charge in [-0.05, 0) is 49.1 Å². The Balaban J connectivity index is 1.95. The molecule has 2 aromatic rings. The molecule has 136 valence electrons. The van der Waals surface area contributed by atoms with Crippen molar-refractivity contribution in [2.45, 2.75) is 19.8 Å². The SMILES string of the molecule is CC1CCCN(c2ccc(C(=O)O)cc2NC(=O)c2ccccc2Cl)C1. The van der Waals surface area contributed by atoms with Crippen molar-refractivity contribution in [2.75, 3.05) is 23.3 Å². The van der Waals surface area contributed by atoms with Gasteiger partial charge in [-0.2, -0.15) is 0 Å². The van der Waals surface area contributed by atoms with E-state index in [9.17, 15) is 14.7 Å². The second-order valence-corrected chi connectivity index (χ2v) is 7.07. The molecule has 0 spiro atoms. The maximum atomic E-state index is 12.7. The number of nitrogens with one attached hydrogen (secondary N) is 1. The largest absolute Gasteiger partial charge is 0.478 e. The number of carboxylic acids is 1. The summed E-state index contributed by atoms with van der Waals surface area (Å²) < 4.78 is 0. The number of halogens is 1. The van der Waals surface area contributed by atoms with Gasteiger partial charge in [0.2, 0.25) is 0 Å². The summed E-state index contributed by atoms with van der Waals surface area (Å²) >= 11 is 6.11. The summed E-state index contributed by atoms with van der Waals surface area (Å²) in [6.45, 7) is 3.95. The van der Waals surface area contributed by atoms with Crippen LogP contribution in [0.15, 0.2) is 42.5 Å². The van der Waals surface area contributed by atoms with E-state index in [1.54, 1.807) is 36.4 Å². The highest BCUT2D eigenvalue weighted by molar-refractivity contribution is 6.34. The van der Waals surface area contributed by atoms with Gasteiger partial charge in [0.1, 0.15) is 0 Å². The maximum absolute atomic E-state index is 12.7. The van der Waals surface area contributed by atoms with Crippen molar-refractivity contribution in [2.24, 2.45) is 5.92 Å². The van der Waals surface area contributed by atoms with Crippen LogP contribution in [-0.4, -0.2) is 30.1 Å². The third kappa shape index (κ3) is 3.99. The molecule has 1 atom stereocenters. The second kappa shape index (κ2) is 7.79. The number of anilines is 2. The normalized spacial score (nSPS) is 17.0. The first-order chi connectivity index (χ1) is 12.5. The molecule has 5 nitrogen and oxygen atoms in total. The summed E-state index contributed by atoms with van der Waals surface area (Å²) in [5.74, 6) is -0.837. The minimum atomic E-state index is -1.03. The van der Waals surface area contributed by atoms with Gasteiger partial charge in [0.05, 0.1) is 27.5 Å². The van der Waals surface area contributed by atoms with Crippen LogP contribution in [0.3, 0.4) is 0 Å². The Labute approximate surface area is 157 Å². The number of rotatable bonds is 4. The van der Waals surface area contributed by atoms with E-state index in [2.05, 4.69) is 17.1 Å². The van der Waals surface area contributed by atoms with Crippen LogP contribution in [0, 0.1) is 5.92 Å². The summed E-state index contributed by atoms with van der Waals surface area (Å²) in [7, 11) is 0. The van der Waals surface area contributed by atoms with E-state index in [1.807, 2.05) is 0 Å². The molecule has 0 aromatic heterocycles. The average molecular weight is 373 g/mol. The van der Waals surface area contributed by atoms with Crippen molar-refractivity contribution < 1.29 is 14.7 Å².